The molecule has 1 aliphatic rings. The van der Waals surface area contributed by atoms with Gasteiger partial charge in [-0.1, -0.05) is 13.8 Å². The van der Waals surface area contributed by atoms with Gasteiger partial charge in [-0.25, -0.2) is 13.4 Å². The van der Waals surface area contributed by atoms with Crippen LogP contribution in [0.25, 0.3) is 0 Å². The van der Waals surface area contributed by atoms with Crippen molar-refractivity contribution in [3.8, 4) is 0 Å². The summed E-state index contributed by atoms with van der Waals surface area (Å²) < 4.78 is 27.0. The van der Waals surface area contributed by atoms with E-state index in [0.29, 0.717) is 37.4 Å². The summed E-state index contributed by atoms with van der Waals surface area (Å²) in [5.74, 6) is 0.483. The summed E-state index contributed by atoms with van der Waals surface area (Å²) in [7, 11) is 0.180. The molecule has 0 saturated carbocycles. The third-order valence-corrected chi connectivity index (χ3v) is 7.02. The first-order chi connectivity index (χ1) is 13.3. The van der Waals surface area contributed by atoms with Crippen LogP contribution >= 0.6 is 0 Å². The average molecular weight is 403 g/mol. The number of nitrogens with zero attached hydrogens (tertiary/aromatic N) is 4. The molecule has 2 aromatic rings. The van der Waals surface area contributed by atoms with Gasteiger partial charge in [0.1, 0.15) is 5.82 Å². The summed E-state index contributed by atoms with van der Waals surface area (Å²) in [6.45, 7) is 5.02. The number of carbonyl (C=O) groups excluding carboxylic acids is 1. The number of amides is 1. The van der Waals surface area contributed by atoms with Gasteiger partial charge in [-0.05, 0) is 42.3 Å². The van der Waals surface area contributed by atoms with Crippen molar-refractivity contribution in [3.05, 3.63) is 47.7 Å². The lowest BCUT2D eigenvalue weighted by Gasteiger charge is -2.22. The highest BCUT2D eigenvalue weighted by Crippen LogP contribution is 2.33. The predicted octanol–water partition coefficient (Wildman–Crippen LogP) is 2.38. The third kappa shape index (κ3) is 3.49. The molecule has 1 aromatic heterocycles. The van der Waals surface area contributed by atoms with Crippen LogP contribution in [0.1, 0.15) is 29.8 Å². The zero-order valence-corrected chi connectivity index (χ0v) is 17.5. The fraction of sp³-hybridized carbons (Fsp3) is 0.400. The number of fused-ring (bicyclic) bond motifs is 1. The van der Waals surface area contributed by atoms with Crippen LogP contribution in [-0.2, 0) is 16.4 Å². The molecule has 0 N–H and O–H groups in total. The Labute approximate surface area is 166 Å². The summed E-state index contributed by atoms with van der Waals surface area (Å²) in [6, 6.07) is 8.54. The molecule has 2 heterocycles. The van der Waals surface area contributed by atoms with Gasteiger partial charge in [0, 0.05) is 45.6 Å². The van der Waals surface area contributed by atoms with Crippen LogP contribution in [-0.4, -0.2) is 57.3 Å². The van der Waals surface area contributed by atoms with Crippen LogP contribution in [0.3, 0.4) is 0 Å². The van der Waals surface area contributed by atoms with Crippen molar-refractivity contribution in [2.45, 2.75) is 25.2 Å². The first kappa shape index (κ1) is 20.3. The average Bonchev–Trinajstić information content (AvgIpc) is 3.11. The molecule has 0 bridgehead atoms. The maximum atomic E-state index is 13.2. The largest absolute Gasteiger partial charge is 0.362 e. The molecule has 1 aliphatic heterocycles. The van der Waals surface area contributed by atoms with Crippen molar-refractivity contribution in [2.75, 3.05) is 43.5 Å². The van der Waals surface area contributed by atoms with E-state index in [1.54, 1.807) is 41.4 Å². The number of hydrogen-bond donors (Lipinski definition) is 0. The summed E-state index contributed by atoms with van der Waals surface area (Å²) in [6.07, 6.45) is 2.29. The van der Waals surface area contributed by atoms with Gasteiger partial charge in [0.2, 0.25) is 10.0 Å². The van der Waals surface area contributed by atoms with Crippen LogP contribution in [0.4, 0.5) is 11.5 Å². The molecule has 0 fully saturated rings. The molecule has 0 aliphatic carbocycles. The first-order valence-electron chi connectivity index (χ1n) is 9.38. The zero-order valence-electron chi connectivity index (χ0n) is 16.7. The van der Waals surface area contributed by atoms with E-state index in [9.17, 15) is 13.2 Å². The Kier molecular flexibility index (Phi) is 5.71. The third-order valence-electron chi connectivity index (χ3n) is 4.98. The lowest BCUT2D eigenvalue weighted by atomic mass is 10.1. The molecule has 150 valence electrons. The number of anilines is 2. The molecule has 8 heteroatoms. The maximum Gasteiger partial charge on any atom is 0.262 e. The van der Waals surface area contributed by atoms with Crippen molar-refractivity contribution in [1.82, 2.24) is 9.29 Å². The van der Waals surface area contributed by atoms with Crippen LogP contribution in [0, 0.1) is 0 Å². The van der Waals surface area contributed by atoms with E-state index < -0.39 is 10.0 Å². The van der Waals surface area contributed by atoms with Crippen molar-refractivity contribution in [2.24, 2.45) is 0 Å². The summed E-state index contributed by atoms with van der Waals surface area (Å²) in [5, 5.41) is 0. The highest BCUT2D eigenvalue weighted by atomic mass is 32.2. The molecule has 0 saturated heterocycles. The standard InChI is InChI=1S/C20H26N4O3S/c1-5-23(6-2)28(26,27)16-9-10-18-15(14-16)11-13-24(18)20(25)17-8-7-12-21-19(17)22(3)4/h7-10,12,14H,5-6,11,13H2,1-4H3. The molecule has 28 heavy (non-hydrogen) atoms. The molecule has 0 atom stereocenters. The van der Waals surface area contributed by atoms with Gasteiger partial charge >= 0.3 is 0 Å². The predicted molar refractivity (Wildman–Crippen MR) is 110 cm³/mol. The van der Waals surface area contributed by atoms with Gasteiger partial charge in [0.25, 0.3) is 5.91 Å². The second-order valence-corrected chi connectivity index (χ2v) is 8.79. The molecule has 0 unspecified atom stereocenters. The van der Waals surface area contributed by atoms with Gasteiger partial charge in [0.15, 0.2) is 0 Å². The maximum absolute atomic E-state index is 13.2. The van der Waals surface area contributed by atoms with Crippen molar-refractivity contribution < 1.29 is 13.2 Å². The monoisotopic (exact) mass is 402 g/mol. The number of sulfonamides is 1. The van der Waals surface area contributed by atoms with E-state index in [0.717, 1.165) is 11.3 Å². The van der Waals surface area contributed by atoms with Crippen LogP contribution < -0.4 is 9.80 Å². The van der Waals surface area contributed by atoms with Crippen molar-refractivity contribution in [3.63, 3.8) is 0 Å². The fourth-order valence-electron chi connectivity index (χ4n) is 3.53. The lowest BCUT2D eigenvalue weighted by molar-refractivity contribution is 0.0989. The van der Waals surface area contributed by atoms with Gasteiger partial charge < -0.3 is 9.80 Å². The Morgan fingerprint density at radius 1 is 1.18 bits per heavy atom. The number of hydrogen-bond acceptors (Lipinski definition) is 5. The fourth-order valence-corrected chi connectivity index (χ4v) is 5.04. The van der Waals surface area contributed by atoms with Crippen LogP contribution in [0.2, 0.25) is 0 Å². The van der Waals surface area contributed by atoms with E-state index in [2.05, 4.69) is 4.98 Å². The topological polar surface area (TPSA) is 73.8 Å². The van der Waals surface area contributed by atoms with Crippen molar-refractivity contribution >= 4 is 27.4 Å². The van der Waals surface area contributed by atoms with Crippen LogP contribution in [0.5, 0.6) is 0 Å². The normalized spacial score (nSPS) is 13.7. The summed E-state index contributed by atoms with van der Waals surface area (Å²) in [5.41, 5.74) is 2.16. The Morgan fingerprint density at radius 2 is 1.89 bits per heavy atom. The van der Waals surface area contributed by atoms with E-state index in [-0.39, 0.29) is 10.8 Å². The number of benzene rings is 1. The molecular formula is C20H26N4O3S. The lowest BCUT2D eigenvalue weighted by Crippen LogP contribution is -2.31. The molecule has 3 rings (SSSR count). The highest BCUT2D eigenvalue weighted by Gasteiger charge is 2.30. The minimum Gasteiger partial charge on any atom is -0.362 e. The number of pyridine rings is 1. The van der Waals surface area contributed by atoms with Gasteiger partial charge in [-0.2, -0.15) is 4.31 Å². The van der Waals surface area contributed by atoms with Gasteiger partial charge in [-0.15, -0.1) is 0 Å². The van der Waals surface area contributed by atoms with Gasteiger partial charge in [-0.3, -0.25) is 4.79 Å². The minimum atomic E-state index is -3.52. The molecular weight excluding hydrogens is 376 g/mol. The zero-order chi connectivity index (χ0) is 20.5. The Bertz CT molecular complexity index is 985. The van der Waals surface area contributed by atoms with Crippen LogP contribution in [0.15, 0.2) is 41.4 Å². The molecule has 0 radical (unpaired) electrons. The number of aromatic nitrogens is 1. The number of rotatable bonds is 6. The minimum absolute atomic E-state index is 0.130. The molecule has 7 nitrogen and oxygen atoms in total. The Hall–Kier alpha value is -2.45. The Balaban J connectivity index is 1.95. The number of carbonyl (C=O) groups is 1. The quantitative estimate of drug-likeness (QED) is 0.742. The second-order valence-electron chi connectivity index (χ2n) is 6.86. The molecule has 1 aromatic carbocycles. The molecule has 1 amide bonds. The second kappa shape index (κ2) is 7.89. The SMILES string of the molecule is CCN(CC)S(=O)(=O)c1ccc2c(c1)CCN2C(=O)c1cccnc1N(C)C. The highest BCUT2D eigenvalue weighted by molar-refractivity contribution is 7.89. The van der Waals surface area contributed by atoms with Crippen molar-refractivity contribution in [1.29, 1.82) is 0 Å². The smallest absolute Gasteiger partial charge is 0.262 e. The van der Waals surface area contributed by atoms with E-state index >= 15 is 0 Å². The van der Waals surface area contributed by atoms with E-state index in [4.69, 9.17) is 0 Å². The first-order valence-corrected chi connectivity index (χ1v) is 10.8. The Morgan fingerprint density at radius 3 is 2.54 bits per heavy atom. The summed E-state index contributed by atoms with van der Waals surface area (Å²) in [4.78, 5) is 21.2. The van der Waals surface area contributed by atoms with Gasteiger partial charge in [0.05, 0.1) is 10.5 Å². The van der Waals surface area contributed by atoms with E-state index in [1.807, 2.05) is 32.8 Å². The van der Waals surface area contributed by atoms with E-state index in [1.165, 1.54) is 4.31 Å². The summed E-state index contributed by atoms with van der Waals surface area (Å²) >= 11 is 0. The molecule has 0 spiro atoms.